The minimum atomic E-state index is -0.0297. The number of pyridine rings is 1. The van der Waals surface area contributed by atoms with Gasteiger partial charge in [0.15, 0.2) is 0 Å². The molecule has 0 N–H and O–H groups in total. The molecule has 0 fully saturated rings. The zero-order chi connectivity index (χ0) is 20.8. The second-order valence-corrected chi connectivity index (χ2v) is 7.61. The van der Waals surface area contributed by atoms with Crippen LogP contribution in [0.1, 0.15) is 48.7 Å². The number of amides is 2. The van der Waals surface area contributed by atoms with Gasteiger partial charge in [0.2, 0.25) is 5.91 Å². The topological polar surface area (TPSA) is 61.2 Å². The minimum absolute atomic E-state index is 0.0297. The highest BCUT2D eigenvalue weighted by molar-refractivity contribution is 5.95. The van der Waals surface area contributed by atoms with Gasteiger partial charge in [0.05, 0.1) is 11.3 Å². The Balaban J connectivity index is 2.26. The van der Waals surface area contributed by atoms with Crippen LogP contribution >= 0.6 is 0 Å². The third-order valence-electron chi connectivity index (χ3n) is 4.89. The lowest BCUT2D eigenvalue weighted by molar-refractivity contribution is -0.118. The van der Waals surface area contributed by atoms with Gasteiger partial charge in [-0.2, -0.15) is 0 Å². The summed E-state index contributed by atoms with van der Waals surface area (Å²) >= 11 is 0. The second kappa shape index (κ2) is 9.68. The Morgan fingerprint density at radius 3 is 2.43 bits per heavy atom. The Labute approximate surface area is 167 Å². The van der Waals surface area contributed by atoms with Crippen LogP contribution < -0.4 is 4.90 Å². The number of anilines is 1. The van der Waals surface area contributed by atoms with Crippen molar-refractivity contribution < 1.29 is 9.59 Å². The van der Waals surface area contributed by atoms with Gasteiger partial charge < -0.3 is 9.80 Å². The molecule has 2 aromatic heterocycles. The van der Waals surface area contributed by atoms with Gasteiger partial charge in [0.25, 0.3) is 5.91 Å². The summed E-state index contributed by atoms with van der Waals surface area (Å²) < 4.78 is 1.85. The van der Waals surface area contributed by atoms with Crippen molar-refractivity contribution in [1.29, 1.82) is 0 Å². The number of rotatable bonds is 9. The summed E-state index contributed by atoms with van der Waals surface area (Å²) in [6, 6.07) is 3.64. The summed E-state index contributed by atoms with van der Waals surface area (Å²) in [7, 11) is 7.65. The molecule has 2 aromatic rings. The van der Waals surface area contributed by atoms with E-state index >= 15 is 0 Å². The molecule has 0 saturated heterocycles. The zero-order valence-electron chi connectivity index (χ0n) is 18.0. The lowest BCUT2D eigenvalue weighted by Gasteiger charge is -2.20. The summed E-state index contributed by atoms with van der Waals surface area (Å²) in [5, 5.41) is 0. The van der Waals surface area contributed by atoms with Crippen molar-refractivity contribution in [2.75, 3.05) is 46.2 Å². The fourth-order valence-electron chi connectivity index (χ4n) is 3.24. The Morgan fingerprint density at radius 2 is 1.79 bits per heavy atom. The van der Waals surface area contributed by atoms with Crippen LogP contribution in [-0.4, -0.2) is 72.3 Å². The Hall–Kier alpha value is -2.41. The van der Waals surface area contributed by atoms with E-state index in [4.69, 9.17) is 0 Å². The van der Waals surface area contributed by atoms with Gasteiger partial charge in [-0.15, -0.1) is 0 Å². The highest BCUT2D eigenvalue weighted by Gasteiger charge is 2.20. The van der Waals surface area contributed by atoms with E-state index in [9.17, 15) is 9.59 Å². The fourth-order valence-corrected chi connectivity index (χ4v) is 3.24. The van der Waals surface area contributed by atoms with E-state index in [0.717, 1.165) is 43.0 Å². The largest absolute Gasteiger partial charge is 0.342 e. The molecule has 7 heteroatoms. The van der Waals surface area contributed by atoms with Crippen molar-refractivity contribution >= 4 is 23.3 Å². The number of hydrogen-bond acceptors (Lipinski definition) is 4. The van der Waals surface area contributed by atoms with Crippen molar-refractivity contribution in [3.8, 4) is 0 Å². The van der Waals surface area contributed by atoms with Crippen LogP contribution in [-0.2, 0) is 4.79 Å². The number of nitrogens with zero attached hydrogens (tertiary/aromatic N) is 5. The van der Waals surface area contributed by atoms with E-state index in [1.165, 1.54) is 0 Å². The van der Waals surface area contributed by atoms with E-state index in [0.29, 0.717) is 18.5 Å². The Morgan fingerprint density at radius 1 is 1.07 bits per heavy atom. The molecule has 2 amide bonds. The zero-order valence-corrected chi connectivity index (χ0v) is 18.0. The molecule has 0 aliphatic rings. The van der Waals surface area contributed by atoms with Crippen LogP contribution in [0.5, 0.6) is 0 Å². The normalized spacial score (nSPS) is 11.2. The molecular weight excluding hydrogens is 354 g/mol. The quantitative estimate of drug-likeness (QED) is 0.664. The number of aromatic nitrogens is 2. The molecule has 28 heavy (non-hydrogen) atoms. The van der Waals surface area contributed by atoms with Gasteiger partial charge in [-0.1, -0.05) is 13.3 Å². The highest BCUT2D eigenvalue weighted by Crippen LogP contribution is 2.23. The molecule has 2 heterocycles. The average molecular weight is 388 g/mol. The standard InChI is InChI=1S/C21H33N5O2/c1-7-8-10-19(27)25(6)20-16(2)22-18-12-11-17(15-26(18)20)21(28)24(5)14-9-13-23(3)4/h11-12,15H,7-10,13-14H2,1-6H3. The predicted octanol–water partition coefficient (Wildman–Crippen LogP) is 2.82. The lowest BCUT2D eigenvalue weighted by atomic mass is 10.2. The van der Waals surface area contributed by atoms with Gasteiger partial charge >= 0.3 is 0 Å². The first kappa shape index (κ1) is 21.9. The molecule has 0 bridgehead atoms. The van der Waals surface area contributed by atoms with Crippen molar-refractivity contribution in [1.82, 2.24) is 19.2 Å². The molecule has 0 spiro atoms. The molecule has 2 rings (SSSR count). The maximum absolute atomic E-state index is 12.8. The maximum atomic E-state index is 12.8. The van der Waals surface area contributed by atoms with Crippen molar-refractivity contribution in [3.05, 3.63) is 29.6 Å². The number of carbonyl (C=O) groups excluding carboxylic acids is 2. The molecular formula is C21H33N5O2. The SMILES string of the molecule is CCCCC(=O)N(C)c1c(C)nc2ccc(C(=O)N(C)CCCN(C)C)cn12. The summed E-state index contributed by atoms with van der Waals surface area (Å²) in [6.07, 6.45) is 5.05. The molecule has 0 aliphatic heterocycles. The third-order valence-corrected chi connectivity index (χ3v) is 4.89. The minimum Gasteiger partial charge on any atom is -0.342 e. The fraction of sp³-hybridized carbons (Fsp3) is 0.571. The summed E-state index contributed by atoms with van der Waals surface area (Å²) in [5.41, 5.74) is 2.10. The van der Waals surface area contributed by atoms with E-state index < -0.39 is 0 Å². The van der Waals surface area contributed by atoms with Crippen LogP contribution in [0.25, 0.3) is 5.65 Å². The summed E-state index contributed by atoms with van der Waals surface area (Å²) in [5.74, 6) is 0.753. The average Bonchev–Trinajstić information content (AvgIpc) is 2.99. The molecule has 7 nitrogen and oxygen atoms in total. The van der Waals surface area contributed by atoms with Gasteiger partial charge in [-0.3, -0.25) is 18.9 Å². The first-order valence-corrected chi connectivity index (χ1v) is 9.91. The highest BCUT2D eigenvalue weighted by atomic mass is 16.2. The number of fused-ring (bicyclic) bond motifs is 1. The molecule has 0 aromatic carbocycles. The molecule has 0 radical (unpaired) electrons. The molecule has 0 atom stereocenters. The first-order chi connectivity index (χ1) is 13.3. The molecule has 0 saturated carbocycles. The molecule has 154 valence electrons. The van der Waals surface area contributed by atoms with Gasteiger partial charge in [0.1, 0.15) is 11.5 Å². The molecule has 0 aliphatic carbocycles. The number of aryl methyl sites for hydroxylation is 1. The van der Waals surface area contributed by atoms with Crippen LogP contribution in [0.15, 0.2) is 18.3 Å². The monoisotopic (exact) mass is 387 g/mol. The Kier molecular flexibility index (Phi) is 7.57. The summed E-state index contributed by atoms with van der Waals surface area (Å²) in [4.78, 5) is 35.4. The van der Waals surface area contributed by atoms with Gasteiger partial charge in [-0.25, -0.2) is 4.98 Å². The smallest absolute Gasteiger partial charge is 0.255 e. The number of imidazole rings is 1. The van der Waals surface area contributed by atoms with Crippen LogP contribution in [0.2, 0.25) is 0 Å². The number of unbranched alkanes of at least 4 members (excludes halogenated alkanes) is 1. The maximum Gasteiger partial charge on any atom is 0.255 e. The first-order valence-electron chi connectivity index (χ1n) is 9.91. The van der Waals surface area contributed by atoms with Crippen molar-refractivity contribution in [3.63, 3.8) is 0 Å². The Bertz CT molecular complexity index is 828. The van der Waals surface area contributed by atoms with E-state index in [-0.39, 0.29) is 11.8 Å². The van der Waals surface area contributed by atoms with Gasteiger partial charge in [-0.05, 0) is 52.5 Å². The summed E-state index contributed by atoms with van der Waals surface area (Å²) in [6.45, 7) is 5.59. The van der Waals surface area contributed by atoms with E-state index in [1.807, 2.05) is 38.5 Å². The van der Waals surface area contributed by atoms with Crippen LogP contribution in [0.3, 0.4) is 0 Å². The van der Waals surface area contributed by atoms with E-state index in [1.54, 1.807) is 29.1 Å². The second-order valence-electron chi connectivity index (χ2n) is 7.61. The number of hydrogen-bond donors (Lipinski definition) is 0. The molecule has 0 unspecified atom stereocenters. The van der Waals surface area contributed by atoms with Crippen molar-refractivity contribution in [2.24, 2.45) is 0 Å². The third kappa shape index (κ3) is 5.10. The van der Waals surface area contributed by atoms with E-state index in [2.05, 4.69) is 16.8 Å². The van der Waals surface area contributed by atoms with Crippen LogP contribution in [0.4, 0.5) is 5.82 Å². The van der Waals surface area contributed by atoms with Gasteiger partial charge in [0, 0.05) is 33.3 Å². The van der Waals surface area contributed by atoms with Crippen LogP contribution in [0, 0.1) is 6.92 Å². The predicted molar refractivity (Wildman–Crippen MR) is 113 cm³/mol. The number of carbonyl (C=O) groups is 2. The van der Waals surface area contributed by atoms with Crippen molar-refractivity contribution in [2.45, 2.75) is 39.5 Å². The lowest BCUT2D eigenvalue weighted by Crippen LogP contribution is -2.30.